The lowest BCUT2D eigenvalue weighted by molar-refractivity contribution is 1.03. The number of thioether (sulfide) groups is 1. The van der Waals surface area contributed by atoms with E-state index in [0.29, 0.717) is 0 Å². The molecular weight excluding hydrogens is 168 g/mol. The zero-order valence-electron chi connectivity index (χ0n) is 5.79. The van der Waals surface area contributed by atoms with Gasteiger partial charge in [0.2, 0.25) is 0 Å². The first-order chi connectivity index (χ1) is 4.33. The van der Waals surface area contributed by atoms with Crippen molar-refractivity contribution in [2.75, 3.05) is 5.75 Å². The van der Waals surface area contributed by atoms with Crippen molar-refractivity contribution in [3.8, 4) is 0 Å². The molecule has 54 valence electrons. The van der Waals surface area contributed by atoms with Crippen LogP contribution in [0, 0.1) is 0 Å². The normalized spacial score (nSPS) is 36.7. The van der Waals surface area contributed by atoms with Crippen molar-refractivity contribution in [1.82, 2.24) is 0 Å². The second-order valence-electron chi connectivity index (χ2n) is 2.17. The number of hydrogen-bond acceptors (Lipinski definition) is 3. The smallest absolute Gasteiger partial charge is 0.0606 e. The zero-order valence-corrected chi connectivity index (χ0v) is 8.24. The van der Waals surface area contributed by atoms with Crippen LogP contribution >= 0.6 is 33.3 Å². The minimum absolute atomic E-state index is 0.860. The first-order valence-electron chi connectivity index (χ1n) is 3.26. The minimum atomic E-state index is 0.860. The summed E-state index contributed by atoms with van der Waals surface area (Å²) in [5.74, 6) is 1.33. The van der Waals surface area contributed by atoms with Crippen molar-refractivity contribution in [2.45, 2.75) is 30.1 Å². The Hall–Kier alpha value is 1.05. The van der Waals surface area contributed by atoms with Crippen molar-refractivity contribution in [2.24, 2.45) is 0 Å². The summed E-state index contributed by atoms with van der Waals surface area (Å²) in [6.07, 6.45) is 1.31. The Morgan fingerprint density at radius 1 is 1.56 bits per heavy atom. The van der Waals surface area contributed by atoms with Gasteiger partial charge in [-0.25, -0.2) is 0 Å². The molecule has 0 N–H and O–H groups in total. The van der Waals surface area contributed by atoms with Crippen LogP contribution in [0.3, 0.4) is 0 Å². The maximum absolute atomic E-state index is 2.32. The van der Waals surface area contributed by atoms with Crippen LogP contribution < -0.4 is 0 Å². The molecule has 1 fully saturated rings. The number of rotatable bonds is 1. The topological polar surface area (TPSA) is 0 Å². The van der Waals surface area contributed by atoms with Crippen LogP contribution in [0.1, 0.15) is 20.3 Å². The molecule has 0 aromatic heterocycles. The molecule has 0 radical (unpaired) electrons. The summed E-state index contributed by atoms with van der Waals surface area (Å²) < 4.78 is 0.860. The van der Waals surface area contributed by atoms with Gasteiger partial charge in [0.15, 0.2) is 0 Å². The van der Waals surface area contributed by atoms with Crippen LogP contribution in [0.2, 0.25) is 0 Å². The quantitative estimate of drug-likeness (QED) is 0.569. The fraction of sp³-hybridized carbons (Fsp3) is 1.00. The van der Waals surface area contributed by atoms with Gasteiger partial charge in [-0.1, -0.05) is 35.4 Å². The second kappa shape index (κ2) is 4.04. The predicted octanol–water partition coefficient (Wildman–Crippen LogP) is 3.24. The summed E-state index contributed by atoms with van der Waals surface area (Å²) >= 11 is 2.13. The lowest BCUT2D eigenvalue weighted by Crippen LogP contribution is -2.10. The molecule has 0 spiro atoms. The molecule has 1 rings (SSSR count). The van der Waals surface area contributed by atoms with Crippen LogP contribution in [0.25, 0.3) is 0 Å². The maximum atomic E-state index is 2.32. The highest BCUT2D eigenvalue weighted by Gasteiger charge is 2.18. The fourth-order valence-electron chi connectivity index (χ4n) is 0.696. The van der Waals surface area contributed by atoms with E-state index in [1.807, 2.05) is 21.6 Å². The second-order valence-corrected chi connectivity index (χ2v) is 6.72. The Bertz CT molecular complexity index is 84.4. The molecule has 0 bridgehead atoms. The fourth-order valence-corrected chi connectivity index (χ4v) is 6.11. The average Bonchev–Trinajstić information content (AvgIpc) is 1.88. The average molecular weight is 180 g/mol. The molecule has 1 saturated heterocycles. The van der Waals surface area contributed by atoms with Gasteiger partial charge in [-0.2, -0.15) is 0 Å². The van der Waals surface area contributed by atoms with Crippen molar-refractivity contribution in [1.29, 1.82) is 0 Å². The van der Waals surface area contributed by atoms with Gasteiger partial charge in [-0.15, -0.1) is 11.8 Å². The summed E-state index contributed by atoms with van der Waals surface area (Å²) in [6, 6.07) is 0. The van der Waals surface area contributed by atoms with Gasteiger partial charge in [-0.05, 0) is 6.42 Å². The van der Waals surface area contributed by atoms with E-state index < -0.39 is 0 Å². The van der Waals surface area contributed by atoms with Gasteiger partial charge >= 0.3 is 0 Å². The molecule has 0 aliphatic carbocycles. The van der Waals surface area contributed by atoms with Crippen LogP contribution in [0.5, 0.6) is 0 Å². The van der Waals surface area contributed by atoms with Crippen molar-refractivity contribution in [3.63, 3.8) is 0 Å². The van der Waals surface area contributed by atoms with Gasteiger partial charge in [0.25, 0.3) is 0 Å². The molecule has 0 aromatic carbocycles. The third kappa shape index (κ3) is 2.64. The third-order valence-corrected chi connectivity index (χ3v) is 6.50. The Balaban J connectivity index is 2.23. The van der Waals surface area contributed by atoms with Gasteiger partial charge in [0.1, 0.15) is 0 Å². The van der Waals surface area contributed by atoms with Gasteiger partial charge in [0.05, 0.1) is 4.58 Å². The van der Waals surface area contributed by atoms with E-state index in [0.717, 1.165) is 9.83 Å². The zero-order chi connectivity index (χ0) is 6.69. The maximum Gasteiger partial charge on any atom is 0.0606 e. The minimum Gasteiger partial charge on any atom is -0.143 e. The van der Waals surface area contributed by atoms with Crippen LogP contribution in [-0.2, 0) is 0 Å². The highest BCUT2D eigenvalue weighted by Crippen LogP contribution is 2.44. The molecule has 0 saturated carbocycles. The molecule has 0 nitrogen and oxygen atoms in total. The molecule has 0 aromatic rings. The summed E-state index contributed by atoms with van der Waals surface area (Å²) in [5, 5.41) is 0.876. The third-order valence-electron chi connectivity index (χ3n) is 1.20. The first kappa shape index (κ1) is 8.15. The molecule has 9 heavy (non-hydrogen) atoms. The van der Waals surface area contributed by atoms with E-state index in [2.05, 4.69) is 25.6 Å². The highest BCUT2D eigenvalue weighted by atomic mass is 33.1. The Labute approximate surface area is 69.3 Å². The predicted molar refractivity (Wildman–Crippen MR) is 51.2 cm³/mol. The molecular formula is C6H12S3. The van der Waals surface area contributed by atoms with Gasteiger partial charge in [0, 0.05) is 11.0 Å². The van der Waals surface area contributed by atoms with Crippen molar-refractivity contribution in [3.05, 3.63) is 0 Å². The summed E-state index contributed by atoms with van der Waals surface area (Å²) in [5.41, 5.74) is 0. The SMILES string of the molecule is CCC1SSCC(C)S1. The van der Waals surface area contributed by atoms with E-state index in [9.17, 15) is 0 Å². The first-order valence-corrected chi connectivity index (χ1v) is 6.59. The van der Waals surface area contributed by atoms with Gasteiger partial charge in [-0.3, -0.25) is 0 Å². The highest BCUT2D eigenvalue weighted by molar-refractivity contribution is 8.79. The lowest BCUT2D eigenvalue weighted by Gasteiger charge is -2.23. The monoisotopic (exact) mass is 180 g/mol. The van der Waals surface area contributed by atoms with Crippen molar-refractivity contribution < 1.29 is 0 Å². The largest absolute Gasteiger partial charge is 0.143 e. The summed E-state index contributed by atoms with van der Waals surface area (Å²) in [4.78, 5) is 0. The van der Waals surface area contributed by atoms with Crippen LogP contribution in [0.15, 0.2) is 0 Å². The molecule has 2 unspecified atom stereocenters. The van der Waals surface area contributed by atoms with E-state index in [1.165, 1.54) is 12.2 Å². The Morgan fingerprint density at radius 3 is 2.78 bits per heavy atom. The summed E-state index contributed by atoms with van der Waals surface area (Å²) in [7, 11) is 4.08. The standard InChI is InChI=1S/C6H12S3/c1-3-6-8-5(2)4-7-9-6/h5-6H,3-4H2,1-2H3. The van der Waals surface area contributed by atoms with E-state index in [4.69, 9.17) is 0 Å². The number of hydrogen-bond donors (Lipinski definition) is 0. The molecule has 3 heteroatoms. The molecule has 0 amide bonds. The van der Waals surface area contributed by atoms with E-state index in [-0.39, 0.29) is 0 Å². The Kier molecular flexibility index (Phi) is 3.66. The van der Waals surface area contributed by atoms with Gasteiger partial charge < -0.3 is 0 Å². The molecule has 2 atom stereocenters. The van der Waals surface area contributed by atoms with Crippen LogP contribution in [0.4, 0.5) is 0 Å². The summed E-state index contributed by atoms with van der Waals surface area (Å²) in [6.45, 7) is 4.59. The van der Waals surface area contributed by atoms with E-state index >= 15 is 0 Å². The lowest BCUT2D eigenvalue weighted by atomic mass is 10.5. The molecule has 1 aliphatic heterocycles. The Morgan fingerprint density at radius 2 is 2.33 bits per heavy atom. The molecule has 1 heterocycles. The van der Waals surface area contributed by atoms with Crippen molar-refractivity contribution >= 4 is 33.3 Å². The molecule has 1 aliphatic rings. The van der Waals surface area contributed by atoms with Crippen LogP contribution in [-0.4, -0.2) is 15.6 Å². The van der Waals surface area contributed by atoms with E-state index in [1.54, 1.807) is 0 Å².